The van der Waals surface area contributed by atoms with E-state index < -0.39 is 26.5 Å². The van der Waals surface area contributed by atoms with E-state index in [0.717, 1.165) is 18.4 Å². The maximum absolute atomic E-state index is 14.1. The van der Waals surface area contributed by atoms with Gasteiger partial charge in [0, 0.05) is 12.3 Å². The minimum absolute atomic E-state index is 0.152. The van der Waals surface area contributed by atoms with E-state index in [-0.39, 0.29) is 17.0 Å². The predicted molar refractivity (Wildman–Crippen MR) is 62.0 cm³/mol. The number of halogens is 1. The molecule has 1 heterocycles. The highest BCUT2D eigenvalue weighted by Gasteiger charge is 2.21. The van der Waals surface area contributed by atoms with Crippen molar-refractivity contribution in [2.75, 3.05) is 6.26 Å². The number of carboxylic acid groups (broad SMARTS) is 1. The Morgan fingerprint density at radius 2 is 2.11 bits per heavy atom. The zero-order valence-electron chi connectivity index (χ0n) is 9.62. The van der Waals surface area contributed by atoms with Gasteiger partial charge in [-0.05, 0) is 12.1 Å². The molecule has 0 saturated carbocycles. The number of hydrogen-bond acceptors (Lipinski definition) is 5. The molecule has 0 spiro atoms. The highest BCUT2D eigenvalue weighted by Crippen LogP contribution is 2.27. The quantitative estimate of drug-likeness (QED) is 0.919. The lowest BCUT2D eigenvalue weighted by molar-refractivity contribution is 0.0686. The smallest absolute Gasteiger partial charge is 0.358 e. The predicted octanol–water partition coefficient (Wildman–Crippen LogP) is 1.58. The van der Waals surface area contributed by atoms with Crippen LogP contribution in [0.1, 0.15) is 10.5 Å². The molecule has 1 aromatic carbocycles. The molecular formula is C11H8FNO5S. The molecule has 0 aliphatic carbocycles. The highest BCUT2D eigenvalue weighted by atomic mass is 32.2. The zero-order valence-corrected chi connectivity index (χ0v) is 10.4. The first-order valence-electron chi connectivity index (χ1n) is 4.99. The number of carboxylic acids is 1. The number of carbonyl (C=O) groups is 1. The van der Waals surface area contributed by atoms with Gasteiger partial charge in [-0.2, -0.15) is 0 Å². The van der Waals surface area contributed by atoms with Crippen LogP contribution in [0.25, 0.3) is 11.3 Å². The minimum atomic E-state index is -3.73. The van der Waals surface area contributed by atoms with Gasteiger partial charge in [0.25, 0.3) is 0 Å². The van der Waals surface area contributed by atoms with Crippen LogP contribution in [0.4, 0.5) is 4.39 Å². The Morgan fingerprint density at radius 1 is 1.42 bits per heavy atom. The number of aromatic nitrogens is 1. The van der Waals surface area contributed by atoms with Gasteiger partial charge in [-0.25, -0.2) is 17.6 Å². The van der Waals surface area contributed by atoms with E-state index in [1.807, 2.05) is 0 Å². The first-order valence-corrected chi connectivity index (χ1v) is 6.89. The van der Waals surface area contributed by atoms with Gasteiger partial charge in [-0.1, -0.05) is 11.2 Å². The van der Waals surface area contributed by atoms with E-state index in [4.69, 9.17) is 9.63 Å². The van der Waals surface area contributed by atoms with E-state index in [2.05, 4.69) is 5.16 Å². The van der Waals surface area contributed by atoms with Gasteiger partial charge in [-0.15, -0.1) is 0 Å². The Kier molecular flexibility index (Phi) is 3.11. The molecule has 1 N–H and O–H groups in total. The van der Waals surface area contributed by atoms with Crippen LogP contribution in [0.5, 0.6) is 0 Å². The molecule has 100 valence electrons. The summed E-state index contributed by atoms with van der Waals surface area (Å²) >= 11 is 0. The summed E-state index contributed by atoms with van der Waals surface area (Å²) in [5.74, 6) is -2.48. The molecule has 0 bridgehead atoms. The molecule has 2 aromatic rings. The minimum Gasteiger partial charge on any atom is -0.476 e. The lowest BCUT2D eigenvalue weighted by atomic mass is 10.1. The fraction of sp³-hybridized carbons (Fsp3) is 0.0909. The summed E-state index contributed by atoms with van der Waals surface area (Å²) in [6.07, 6.45) is 0.873. The molecule has 0 saturated heterocycles. The van der Waals surface area contributed by atoms with Gasteiger partial charge in [0.05, 0.1) is 5.56 Å². The molecule has 0 amide bonds. The summed E-state index contributed by atoms with van der Waals surface area (Å²) in [6, 6.07) is 4.74. The van der Waals surface area contributed by atoms with Crippen LogP contribution >= 0.6 is 0 Å². The molecule has 0 fully saturated rings. The maximum Gasteiger partial charge on any atom is 0.358 e. The number of hydrogen-bond donors (Lipinski definition) is 1. The lowest BCUT2D eigenvalue weighted by Gasteiger charge is -2.03. The molecule has 8 heteroatoms. The molecule has 0 unspecified atom stereocenters. The topological polar surface area (TPSA) is 97.5 Å². The van der Waals surface area contributed by atoms with Crippen LogP contribution in [0, 0.1) is 5.82 Å². The summed E-state index contributed by atoms with van der Waals surface area (Å²) in [7, 11) is -3.73. The van der Waals surface area contributed by atoms with Gasteiger partial charge in [0.1, 0.15) is 4.90 Å². The molecule has 2 rings (SSSR count). The summed E-state index contributed by atoms with van der Waals surface area (Å²) in [5, 5.41) is 11.9. The average Bonchev–Trinajstić information content (AvgIpc) is 2.77. The molecule has 0 aliphatic heterocycles. The Balaban J connectivity index is 2.60. The third kappa shape index (κ3) is 2.48. The fourth-order valence-electron chi connectivity index (χ4n) is 1.49. The van der Waals surface area contributed by atoms with Crippen molar-refractivity contribution in [3.05, 3.63) is 35.8 Å². The maximum atomic E-state index is 14.1. The van der Waals surface area contributed by atoms with Crippen LogP contribution in [-0.2, 0) is 9.84 Å². The highest BCUT2D eigenvalue weighted by molar-refractivity contribution is 7.90. The van der Waals surface area contributed by atoms with Crippen LogP contribution < -0.4 is 0 Å². The van der Waals surface area contributed by atoms with Crippen molar-refractivity contribution in [2.24, 2.45) is 0 Å². The standard InChI is InChI=1S/C11H8FNO5S/c1-19(16,17)9-4-2-3-6(10(9)12)8-5-7(11(14)15)13-18-8/h2-5H,1H3,(H,14,15). The third-order valence-electron chi connectivity index (χ3n) is 2.36. The van der Waals surface area contributed by atoms with E-state index >= 15 is 0 Å². The number of benzene rings is 1. The second-order valence-corrected chi connectivity index (χ2v) is 5.76. The Hall–Kier alpha value is -2.22. The number of nitrogens with zero attached hydrogens (tertiary/aromatic N) is 1. The number of rotatable bonds is 3. The first kappa shape index (κ1) is 13.2. The Bertz CT molecular complexity index is 750. The van der Waals surface area contributed by atoms with Crippen molar-refractivity contribution in [3.63, 3.8) is 0 Å². The molecule has 0 atom stereocenters. The number of sulfone groups is 1. The van der Waals surface area contributed by atoms with Crippen molar-refractivity contribution in [2.45, 2.75) is 4.90 Å². The fourth-order valence-corrected chi connectivity index (χ4v) is 2.25. The van der Waals surface area contributed by atoms with Gasteiger partial charge in [0.15, 0.2) is 27.1 Å². The third-order valence-corrected chi connectivity index (χ3v) is 3.47. The molecule has 19 heavy (non-hydrogen) atoms. The SMILES string of the molecule is CS(=O)(=O)c1cccc(-c2cc(C(=O)O)no2)c1F. The second-order valence-electron chi connectivity index (χ2n) is 3.77. The largest absolute Gasteiger partial charge is 0.476 e. The molecule has 1 aromatic heterocycles. The normalized spacial score (nSPS) is 11.5. The average molecular weight is 285 g/mol. The summed E-state index contributed by atoms with van der Waals surface area (Å²) in [6.45, 7) is 0. The summed E-state index contributed by atoms with van der Waals surface area (Å²) < 4.78 is 41.5. The van der Waals surface area contributed by atoms with Crippen LogP contribution in [0.3, 0.4) is 0 Å². The Morgan fingerprint density at radius 3 is 2.63 bits per heavy atom. The Labute approximate surface area is 107 Å². The molecular weight excluding hydrogens is 277 g/mol. The van der Waals surface area contributed by atoms with Crippen LogP contribution in [-0.4, -0.2) is 30.9 Å². The van der Waals surface area contributed by atoms with Crippen molar-refractivity contribution >= 4 is 15.8 Å². The van der Waals surface area contributed by atoms with E-state index in [0.29, 0.717) is 0 Å². The summed E-state index contributed by atoms with van der Waals surface area (Å²) in [5.41, 5.74) is -0.554. The number of aromatic carboxylic acids is 1. The van der Waals surface area contributed by atoms with Crippen LogP contribution in [0.15, 0.2) is 33.7 Å². The van der Waals surface area contributed by atoms with Crippen molar-refractivity contribution in [1.82, 2.24) is 5.16 Å². The van der Waals surface area contributed by atoms with Gasteiger partial charge in [-0.3, -0.25) is 0 Å². The van der Waals surface area contributed by atoms with Crippen LogP contribution in [0.2, 0.25) is 0 Å². The van der Waals surface area contributed by atoms with Gasteiger partial charge in [0.2, 0.25) is 0 Å². The summed E-state index contributed by atoms with van der Waals surface area (Å²) in [4.78, 5) is 10.2. The van der Waals surface area contributed by atoms with Gasteiger partial charge >= 0.3 is 5.97 Å². The van der Waals surface area contributed by atoms with E-state index in [1.54, 1.807) is 0 Å². The molecule has 0 radical (unpaired) electrons. The van der Waals surface area contributed by atoms with Crippen molar-refractivity contribution in [1.29, 1.82) is 0 Å². The first-order chi connectivity index (χ1) is 8.80. The van der Waals surface area contributed by atoms with E-state index in [1.165, 1.54) is 12.1 Å². The lowest BCUT2D eigenvalue weighted by Crippen LogP contribution is -2.01. The monoisotopic (exact) mass is 285 g/mol. The van der Waals surface area contributed by atoms with E-state index in [9.17, 15) is 17.6 Å². The van der Waals surface area contributed by atoms with Gasteiger partial charge < -0.3 is 9.63 Å². The molecule has 0 aliphatic rings. The van der Waals surface area contributed by atoms with Crippen molar-refractivity contribution < 1.29 is 27.2 Å². The molecule has 6 nitrogen and oxygen atoms in total. The van der Waals surface area contributed by atoms with Crippen molar-refractivity contribution in [3.8, 4) is 11.3 Å². The second kappa shape index (κ2) is 4.47. The zero-order chi connectivity index (χ0) is 14.2.